The lowest BCUT2D eigenvalue weighted by atomic mass is 9.89. The molecule has 184 valence electrons. The molecule has 0 bridgehead atoms. The van der Waals surface area contributed by atoms with Gasteiger partial charge in [0.25, 0.3) is 0 Å². The zero-order valence-corrected chi connectivity index (χ0v) is 22.2. The molecule has 2 aliphatic rings. The minimum absolute atomic E-state index is 0. The summed E-state index contributed by atoms with van der Waals surface area (Å²) in [7, 11) is 0. The van der Waals surface area contributed by atoms with Gasteiger partial charge >= 0.3 is 0 Å². The molecule has 2 N–H and O–H groups in total. The van der Waals surface area contributed by atoms with Crippen LogP contribution in [0.15, 0.2) is 27.8 Å². The number of furan rings is 1. The van der Waals surface area contributed by atoms with Crippen LogP contribution in [0.4, 0.5) is 0 Å². The molecule has 3 rings (SSSR count). The van der Waals surface area contributed by atoms with Gasteiger partial charge in [0.2, 0.25) is 0 Å². The summed E-state index contributed by atoms with van der Waals surface area (Å²) in [5.41, 5.74) is 0. The lowest BCUT2D eigenvalue weighted by Gasteiger charge is -2.35. The number of nitrogens with zero attached hydrogens (tertiary/aromatic N) is 2. The highest BCUT2D eigenvalue weighted by Gasteiger charge is 2.28. The second kappa shape index (κ2) is 15.9. The van der Waals surface area contributed by atoms with Crippen LogP contribution in [0.3, 0.4) is 0 Å². The van der Waals surface area contributed by atoms with Gasteiger partial charge in [-0.2, -0.15) is 0 Å². The number of aliphatic imine (C=N–C) groups is 1. The van der Waals surface area contributed by atoms with Crippen molar-refractivity contribution in [2.45, 2.75) is 64.5 Å². The fraction of sp³-hybridized carbons (Fsp3) is 0.792. The van der Waals surface area contributed by atoms with Crippen molar-refractivity contribution in [3.8, 4) is 0 Å². The maximum atomic E-state index is 6.10. The standard InChI is InChI=1S/C24H42N4O3.HI/c1-3-20(4-2)23-19-21(9-16-31-23)27-24(26-11-8-22-7-5-15-30-22)25-10-6-12-28-13-17-29-18-14-28;/h5,7,15,20-21,23H,3-4,6,8-14,16-19H2,1-2H3,(H2,25,26,27);1H. The van der Waals surface area contributed by atoms with Crippen molar-refractivity contribution < 1.29 is 13.9 Å². The molecule has 0 spiro atoms. The van der Waals surface area contributed by atoms with Crippen LogP contribution in [0.5, 0.6) is 0 Å². The van der Waals surface area contributed by atoms with E-state index in [1.807, 2.05) is 12.1 Å². The number of rotatable bonds is 11. The van der Waals surface area contributed by atoms with Crippen LogP contribution >= 0.6 is 24.0 Å². The molecule has 0 saturated carbocycles. The van der Waals surface area contributed by atoms with Gasteiger partial charge < -0.3 is 24.5 Å². The summed E-state index contributed by atoms with van der Waals surface area (Å²) in [6, 6.07) is 4.37. The van der Waals surface area contributed by atoms with Crippen molar-refractivity contribution in [3.05, 3.63) is 24.2 Å². The van der Waals surface area contributed by atoms with Crippen molar-refractivity contribution in [2.75, 3.05) is 52.5 Å². The molecule has 32 heavy (non-hydrogen) atoms. The number of halogens is 1. The maximum absolute atomic E-state index is 6.10. The van der Waals surface area contributed by atoms with Gasteiger partial charge in [0, 0.05) is 51.8 Å². The zero-order valence-electron chi connectivity index (χ0n) is 19.9. The third-order valence-electron chi connectivity index (χ3n) is 6.48. The summed E-state index contributed by atoms with van der Waals surface area (Å²) in [6.45, 7) is 11.9. The summed E-state index contributed by atoms with van der Waals surface area (Å²) in [5.74, 6) is 2.56. The molecule has 2 saturated heterocycles. The van der Waals surface area contributed by atoms with Crippen LogP contribution in [0.1, 0.15) is 51.7 Å². The summed E-state index contributed by atoms with van der Waals surface area (Å²) in [4.78, 5) is 7.36. The van der Waals surface area contributed by atoms with E-state index < -0.39 is 0 Å². The van der Waals surface area contributed by atoms with E-state index in [1.54, 1.807) is 6.26 Å². The smallest absolute Gasteiger partial charge is 0.191 e. The fourth-order valence-corrected chi connectivity index (χ4v) is 4.52. The molecule has 8 heteroatoms. The molecular formula is C24H43IN4O3. The first-order valence-electron chi connectivity index (χ1n) is 12.3. The molecule has 2 unspecified atom stereocenters. The molecule has 0 amide bonds. The molecule has 1 aromatic heterocycles. The first-order chi connectivity index (χ1) is 15.3. The Hall–Kier alpha value is -0.840. The van der Waals surface area contributed by atoms with Crippen LogP contribution in [0.2, 0.25) is 0 Å². The largest absolute Gasteiger partial charge is 0.469 e. The number of morpholine rings is 1. The maximum Gasteiger partial charge on any atom is 0.191 e. The lowest BCUT2D eigenvalue weighted by molar-refractivity contribution is -0.0324. The van der Waals surface area contributed by atoms with Crippen molar-refractivity contribution in [1.82, 2.24) is 15.5 Å². The third kappa shape index (κ3) is 9.57. The number of nitrogens with one attached hydrogen (secondary N) is 2. The minimum atomic E-state index is 0. The first-order valence-corrected chi connectivity index (χ1v) is 12.3. The molecule has 0 aliphatic carbocycles. The molecule has 2 fully saturated rings. The molecule has 2 atom stereocenters. The quantitative estimate of drug-likeness (QED) is 0.186. The van der Waals surface area contributed by atoms with Gasteiger partial charge in [-0.1, -0.05) is 26.7 Å². The summed E-state index contributed by atoms with van der Waals surface area (Å²) >= 11 is 0. The van der Waals surface area contributed by atoms with Crippen molar-refractivity contribution >= 4 is 29.9 Å². The number of hydrogen-bond donors (Lipinski definition) is 2. The van der Waals surface area contributed by atoms with E-state index in [0.717, 1.165) is 89.9 Å². The van der Waals surface area contributed by atoms with Gasteiger partial charge in [0.05, 0.1) is 25.6 Å². The van der Waals surface area contributed by atoms with Gasteiger partial charge in [-0.05, 0) is 37.3 Å². The molecule has 3 heterocycles. The van der Waals surface area contributed by atoms with Crippen molar-refractivity contribution in [1.29, 1.82) is 0 Å². The monoisotopic (exact) mass is 562 g/mol. The molecule has 2 aliphatic heterocycles. The van der Waals surface area contributed by atoms with E-state index in [9.17, 15) is 0 Å². The Kier molecular flexibility index (Phi) is 13.6. The number of guanidine groups is 1. The average Bonchev–Trinajstić information content (AvgIpc) is 3.32. The van der Waals surface area contributed by atoms with Crippen LogP contribution in [-0.2, 0) is 15.9 Å². The Bertz CT molecular complexity index is 619. The van der Waals surface area contributed by atoms with E-state index >= 15 is 0 Å². The Morgan fingerprint density at radius 2 is 2.03 bits per heavy atom. The second-order valence-electron chi connectivity index (χ2n) is 8.65. The SMILES string of the molecule is CCC(CC)C1CC(NC(=NCCCN2CCOCC2)NCCc2ccco2)CCO1.I. The zero-order chi connectivity index (χ0) is 21.7. The van der Waals surface area contributed by atoms with Gasteiger partial charge in [0.1, 0.15) is 5.76 Å². The van der Waals surface area contributed by atoms with Crippen LogP contribution < -0.4 is 10.6 Å². The fourth-order valence-electron chi connectivity index (χ4n) is 4.52. The van der Waals surface area contributed by atoms with Crippen LogP contribution in [0.25, 0.3) is 0 Å². The van der Waals surface area contributed by atoms with E-state index in [4.69, 9.17) is 18.9 Å². The Labute approximate surface area is 211 Å². The lowest BCUT2D eigenvalue weighted by Crippen LogP contribution is -2.49. The highest BCUT2D eigenvalue weighted by molar-refractivity contribution is 14.0. The van der Waals surface area contributed by atoms with Gasteiger partial charge in [0.15, 0.2) is 5.96 Å². The summed E-state index contributed by atoms with van der Waals surface area (Å²) in [5, 5.41) is 7.22. The van der Waals surface area contributed by atoms with Gasteiger partial charge in [-0.25, -0.2) is 0 Å². The Morgan fingerprint density at radius 1 is 1.22 bits per heavy atom. The summed E-state index contributed by atoms with van der Waals surface area (Å²) < 4.78 is 17.0. The third-order valence-corrected chi connectivity index (χ3v) is 6.48. The average molecular weight is 563 g/mol. The second-order valence-corrected chi connectivity index (χ2v) is 8.65. The van der Waals surface area contributed by atoms with Gasteiger partial charge in [-0.3, -0.25) is 9.89 Å². The van der Waals surface area contributed by atoms with Crippen molar-refractivity contribution in [3.63, 3.8) is 0 Å². The topological polar surface area (TPSA) is 71.3 Å². The van der Waals surface area contributed by atoms with Crippen LogP contribution in [0, 0.1) is 5.92 Å². The Morgan fingerprint density at radius 3 is 2.75 bits per heavy atom. The van der Waals surface area contributed by atoms with Gasteiger partial charge in [-0.15, -0.1) is 24.0 Å². The number of ether oxygens (including phenoxy) is 2. The first kappa shape index (κ1) is 27.4. The van der Waals surface area contributed by atoms with E-state index in [-0.39, 0.29) is 24.0 Å². The predicted octanol–water partition coefficient (Wildman–Crippen LogP) is 3.68. The van der Waals surface area contributed by atoms with Crippen molar-refractivity contribution in [2.24, 2.45) is 10.9 Å². The summed E-state index contributed by atoms with van der Waals surface area (Å²) in [6.07, 6.45) is 8.44. The van der Waals surface area contributed by atoms with E-state index in [0.29, 0.717) is 18.1 Å². The highest BCUT2D eigenvalue weighted by Crippen LogP contribution is 2.25. The molecule has 7 nitrogen and oxygen atoms in total. The predicted molar refractivity (Wildman–Crippen MR) is 140 cm³/mol. The molecular weight excluding hydrogens is 519 g/mol. The molecule has 0 radical (unpaired) electrons. The molecule has 1 aromatic rings. The number of hydrogen-bond acceptors (Lipinski definition) is 5. The van der Waals surface area contributed by atoms with Crippen LogP contribution in [-0.4, -0.2) is 75.5 Å². The minimum Gasteiger partial charge on any atom is -0.469 e. The molecule has 0 aromatic carbocycles. The Balaban J connectivity index is 0.00000363. The van der Waals surface area contributed by atoms with E-state index in [2.05, 4.69) is 29.4 Å². The highest BCUT2D eigenvalue weighted by atomic mass is 127. The van der Waals surface area contributed by atoms with E-state index in [1.165, 1.54) is 12.8 Å². The normalized spacial score (nSPS) is 22.5.